The van der Waals surface area contributed by atoms with Crippen LogP contribution in [0.15, 0.2) is 12.4 Å². The number of hydrogen-bond acceptors (Lipinski definition) is 4. The van der Waals surface area contributed by atoms with Crippen LogP contribution in [0.25, 0.3) is 0 Å². The van der Waals surface area contributed by atoms with Crippen LogP contribution >= 0.6 is 0 Å². The molecule has 0 aromatic carbocycles. The van der Waals surface area contributed by atoms with Crippen molar-refractivity contribution in [3.05, 3.63) is 18.0 Å². The van der Waals surface area contributed by atoms with E-state index in [1.54, 1.807) is 7.11 Å². The van der Waals surface area contributed by atoms with Gasteiger partial charge in [-0.1, -0.05) is 6.42 Å². The maximum absolute atomic E-state index is 4.91. The molecule has 1 atom stereocenters. The Kier molecular flexibility index (Phi) is 2.93. The van der Waals surface area contributed by atoms with Crippen molar-refractivity contribution in [2.45, 2.75) is 25.3 Å². The fourth-order valence-corrected chi connectivity index (χ4v) is 1.75. The molecule has 14 heavy (non-hydrogen) atoms. The molecule has 0 bridgehead atoms. The molecule has 0 saturated carbocycles. The largest absolute Gasteiger partial charge is 0.467 e. The lowest BCUT2D eigenvalue weighted by Gasteiger charge is -2.23. The van der Waals surface area contributed by atoms with Gasteiger partial charge in [0.1, 0.15) is 0 Å². The second-order valence-electron chi connectivity index (χ2n) is 3.51. The zero-order valence-corrected chi connectivity index (χ0v) is 8.36. The van der Waals surface area contributed by atoms with Gasteiger partial charge >= 0.3 is 6.01 Å². The van der Waals surface area contributed by atoms with Crippen LogP contribution in [-0.4, -0.2) is 23.6 Å². The number of nitrogens with one attached hydrogen (secondary N) is 1. The van der Waals surface area contributed by atoms with E-state index in [2.05, 4.69) is 15.3 Å². The van der Waals surface area contributed by atoms with Gasteiger partial charge < -0.3 is 10.1 Å². The van der Waals surface area contributed by atoms with E-state index >= 15 is 0 Å². The molecule has 1 aliphatic heterocycles. The van der Waals surface area contributed by atoms with E-state index < -0.39 is 0 Å². The summed E-state index contributed by atoms with van der Waals surface area (Å²) in [6.45, 7) is 1.09. The summed E-state index contributed by atoms with van der Waals surface area (Å²) in [5, 5.41) is 3.45. The van der Waals surface area contributed by atoms with E-state index in [-0.39, 0.29) is 0 Å². The average Bonchev–Trinajstić information content (AvgIpc) is 2.30. The lowest BCUT2D eigenvalue weighted by atomic mass is 10.0. The zero-order valence-electron chi connectivity index (χ0n) is 8.36. The Morgan fingerprint density at radius 1 is 1.36 bits per heavy atom. The van der Waals surface area contributed by atoms with Crippen LogP contribution in [0.5, 0.6) is 6.01 Å². The highest BCUT2D eigenvalue weighted by Gasteiger charge is 2.15. The van der Waals surface area contributed by atoms with E-state index in [4.69, 9.17) is 4.74 Å². The second kappa shape index (κ2) is 4.37. The third kappa shape index (κ3) is 2.01. The molecule has 1 aliphatic rings. The summed E-state index contributed by atoms with van der Waals surface area (Å²) >= 11 is 0. The first-order chi connectivity index (χ1) is 6.90. The smallest absolute Gasteiger partial charge is 0.316 e. The molecule has 4 heteroatoms. The van der Waals surface area contributed by atoms with Crippen LogP contribution in [0.3, 0.4) is 0 Å². The SMILES string of the molecule is COc1ncc(C2CCCCN2)cn1. The summed E-state index contributed by atoms with van der Waals surface area (Å²) < 4.78 is 4.91. The summed E-state index contributed by atoms with van der Waals surface area (Å²) in [5.74, 6) is 0. The predicted molar refractivity (Wildman–Crippen MR) is 53.2 cm³/mol. The molecule has 1 N–H and O–H groups in total. The van der Waals surface area contributed by atoms with Crippen LogP contribution in [0.1, 0.15) is 30.9 Å². The van der Waals surface area contributed by atoms with Crippen molar-refractivity contribution < 1.29 is 4.74 Å². The Balaban J connectivity index is 2.07. The van der Waals surface area contributed by atoms with E-state index in [1.807, 2.05) is 12.4 Å². The van der Waals surface area contributed by atoms with Crippen LogP contribution in [-0.2, 0) is 0 Å². The molecule has 0 aliphatic carbocycles. The van der Waals surface area contributed by atoms with E-state index in [9.17, 15) is 0 Å². The van der Waals surface area contributed by atoms with Gasteiger partial charge in [0.25, 0.3) is 0 Å². The number of ether oxygens (including phenoxy) is 1. The lowest BCUT2D eigenvalue weighted by molar-refractivity contribution is 0.374. The van der Waals surface area contributed by atoms with Crippen molar-refractivity contribution in [2.24, 2.45) is 0 Å². The number of nitrogens with zero attached hydrogens (tertiary/aromatic N) is 2. The summed E-state index contributed by atoms with van der Waals surface area (Å²) in [6, 6.07) is 0.860. The highest BCUT2D eigenvalue weighted by molar-refractivity contribution is 5.13. The van der Waals surface area contributed by atoms with Gasteiger partial charge in [-0.15, -0.1) is 0 Å². The standard InChI is InChI=1S/C10H15N3O/c1-14-10-12-6-8(7-13-10)9-4-2-3-5-11-9/h6-7,9,11H,2-5H2,1H3. The second-order valence-corrected chi connectivity index (χ2v) is 3.51. The number of hydrogen-bond donors (Lipinski definition) is 1. The molecule has 1 aromatic heterocycles. The molecular formula is C10H15N3O. The monoisotopic (exact) mass is 193 g/mol. The summed E-state index contributed by atoms with van der Waals surface area (Å²) in [4.78, 5) is 8.20. The minimum Gasteiger partial charge on any atom is -0.467 e. The molecule has 4 nitrogen and oxygen atoms in total. The van der Waals surface area contributed by atoms with Gasteiger partial charge in [0.2, 0.25) is 0 Å². The van der Waals surface area contributed by atoms with Crippen molar-refractivity contribution >= 4 is 0 Å². The van der Waals surface area contributed by atoms with Gasteiger partial charge in [-0.3, -0.25) is 0 Å². The van der Waals surface area contributed by atoms with E-state index in [1.165, 1.54) is 19.3 Å². The molecule has 1 unspecified atom stereocenters. The fourth-order valence-electron chi connectivity index (χ4n) is 1.75. The van der Waals surface area contributed by atoms with Crippen LogP contribution in [0, 0.1) is 0 Å². The molecule has 0 spiro atoms. The van der Waals surface area contributed by atoms with Gasteiger partial charge in [0.05, 0.1) is 7.11 Å². The van der Waals surface area contributed by atoms with Crippen molar-refractivity contribution in [2.75, 3.05) is 13.7 Å². The minimum absolute atomic E-state index is 0.426. The van der Waals surface area contributed by atoms with Crippen molar-refractivity contribution in [1.29, 1.82) is 0 Å². The molecule has 1 aromatic rings. The molecule has 0 radical (unpaired) electrons. The lowest BCUT2D eigenvalue weighted by Crippen LogP contribution is -2.26. The maximum atomic E-state index is 4.91. The van der Waals surface area contributed by atoms with Crippen molar-refractivity contribution in [3.63, 3.8) is 0 Å². The quantitative estimate of drug-likeness (QED) is 0.769. The van der Waals surface area contributed by atoms with Gasteiger partial charge in [0.15, 0.2) is 0 Å². The van der Waals surface area contributed by atoms with Gasteiger partial charge in [-0.2, -0.15) is 0 Å². The van der Waals surface area contributed by atoms with Crippen molar-refractivity contribution in [1.82, 2.24) is 15.3 Å². The highest BCUT2D eigenvalue weighted by atomic mass is 16.5. The van der Waals surface area contributed by atoms with Gasteiger partial charge in [-0.25, -0.2) is 9.97 Å². The molecule has 1 fully saturated rings. The molecule has 2 heterocycles. The van der Waals surface area contributed by atoms with Gasteiger partial charge in [0, 0.05) is 24.0 Å². The Morgan fingerprint density at radius 3 is 2.71 bits per heavy atom. The predicted octanol–water partition coefficient (Wildman–Crippen LogP) is 1.30. The summed E-state index contributed by atoms with van der Waals surface area (Å²) in [6.07, 6.45) is 7.41. The Labute approximate surface area is 83.7 Å². The molecule has 0 amide bonds. The highest BCUT2D eigenvalue weighted by Crippen LogP contribution is 2.21. The zero-order chi connectivity index (χ0) is 9.80. The molecular weight excluding hydrogens is 178 g/mol. The first-order valence-corrected chi connectivity index (χ1v) is 4.99. The van der Waals surface area contributed by atoms with Crippen LogP contribution < -0.4 is 10.1 Å². The summed E-state index contributed by atoms with van der Waals surface area (Å²) in [7, 11) is 1.58. The average molecular weight is 193 g/mol. The molecule has 76 valence electrons. The topological polar surface area (TPSA) is 47.0 Å². The van der Waals surface area contributed by atoms with Crippen LogP contribution in [0.4, 0.5) is 0 Å². The maximum Gasteiger partial charge on any atom is 0.316 e. The number of aromatic nitrogens is 2. The van der Waals surface area contributed by atoms with Crippen molar-refractivity contribution in [3.8, 4) is 6.01 Å². The van der Waals surface area contributed by atoms with Gasteiger partial charge in [-0.05, 0) is 19.4 Å². The normalized spacial score (nSPS) is 21.9. The molecule has 1 saturated heterocycles. The third-order valence-electron chi connectivity index (χ3n) is 2.54. The fraction of sp³-hybridized carbons (Fsp3) is 0.600. The van der Waals surface area contributed by atoms with E-state index in [0.29, 0.717) is 12.1 Å². The number of methoxy groups -OCH3 is 1. The Hall–Kier alpha value is -1.16. The number of rotatable bonds is 2. The van der Waals surface area contributed by atoms with E-state index in [0.717, 1.165) is 12.1 Å². The Morgan fingerprint density at radius 2 is 2.14 bits per heavy atom. The molecule has 2 rings (SSSR count). The van der Waals surface area contributed by atoms with Crippen LogP contribution in [0.2, 0.25) is 0 Å². The minimum atomic E-state index is 0.426. The first kappa shape index (κ1) is 9.40. The summed E-state index contributed by atoms with van der Waals surface area (Å²) in [5.41, 5.74) is 1.16. The Bertz CT molecular complexity index is 280. The third-order valence-corrected chi connectivity index (χ3v) is 2.54. The first-order valence-electron chi connectivity index (χ1n) is 4.99. The number of piperidine rings is 1.